The summed E-state index contributed by atoms with van der Waals surface area (Å²) in [5, 5.41) is 54.8. The lowest BCUT2D eigenvalue weighted by Gasteiger charge is -2.32. The summed E-state index contributed by atoms with van der Waals surface area (Å²) in [6.07, 6.45) is 2.55. The lowest BCUT2D eigenvalue weighted by atomic mass is 9.97. The fraction of sp³-hybridized carbons (Fsp3) is 0.786. The molecule has 4 heterocycles. The minimum Gasteiger partial charge on any atom is -0.480 e. The lowest BCUT2D eigenvalue weighted by molar-refractivity contribution is -0.145. The fourth-order valence-electron chi connectivity index (χ4n) is 11.0. The minimum atomic E-state index is -1.65. The van der Waals surface area contributed by atoms with E-state index >= 15 is 0 Å². The smallest absolute Gasteiger partial charge is 0.326 e. The van der Waals surface area contributed by atoms with Crippen LogP contribution in [-0.4, -0.2) is 213 Å². The molecule has 0 spiro atoms. The van der Waals surface area contributed by atoms with Crippen LogP contribution in [0, 0.1) is 29.6 Å². The van der Waals surface area contributed by atoms with E-state index in [-0.39, 0.29) is 50.7 Å². The van der Waals surface area contributed by atoms with Gasteiger partial charge in [-0.25, -0.2) is 4.79 Å². The highest BCUT2D eigenvalue weighted by Crippen LogP contribution is 2.24. The van der Waals surface area contributed by atoms with Gasteiger partial charge in [0, 0.05) is 19.6 Å². The Morgan fingerprint density at radius 3 is 1.37 bits per heavy atom. The number of carboxylic acids is 1. The highest BCUT2D eigenvalue weighted by molar-refractivity contribution is 5.99. The Morgan fingerprint density at radius 2 is 0.940 bits per heavy atom. The first-order valence-corrected chi connectivity index (χ1v) is 29.6. The molecule has 0 bridgehead atoms. The molecular formula is C56H94N12O15. The van der Waals surface area contributed by atoms with Crippen LogP contribution in [0.15, 0.2) is 0 Å². The van der Waals surface area contributed by atoms with E-state index in [0.717, 1.165) is 6.42 Å². The van der Waals surface area contributed by atoms with Gasteiger partial charge in [-0.05, 0) is 101 Å². The summed E-state index contributed by atoms with van der Waals surface area (Å²) in [5.74, 6) is -10.9. The number of aliphatic carboxylic acids is 1. The van der Waals surface area contributed by atoms with Crippen molar-refractivity contribution in [1.82, 2.24) is 62.6 Å². The summed E-state index contributed by atoms with van der Waals surface area (Å²) in [5.41, 5.74) is 0. The second-order valence-electron chi connectivity index (χ2n) is 24.1. The van der Waals surface area contributed by atoms with Crippen LogP contribution < -0.4 is 47.9 Å². The number of amides is 11. The molecule has 4 aliphatic rings. The normalized spacial score (nSPS) is 22.2. The molecule has 4 saturated heterocycles. The number of nitrogens with zero attached hydrogens (tertiary/aromatic N) is 3. The SMILES string of the molecule is CC[C@H](C)[C@H](NC(=O)[C@@H]1CCCN1C(=O)CNC(=O)[C@@H]1CCCN1C(=O)[C@H](CC(C)C)NC(=O)[C@@H](NC(=O)[C@@H](NC(=O)[C@@H](NC(=O)[C@@H](NC(=O)[C@@H]1CCCN1C(=O)[C@H](CO)NC(=O)[C@@H]1CCCN1)C(C)C)C(C)C)C(C)C)[C@@H](C)O)C(=O)O. The van der Waals surface area contributed by atoms with E-state index in [1.165, 1.54) is 21.6 Å². The lowest BCUT2D eigenvalue weighted by Crippen LogP contribution is -2.63. The topological polar surface area (TPSA) is 384 Å². The molecule has 0 aromatic rings. The molecule has 0 aromatic heterocycles. The van der Waals surface area contributed by atoms with Gasteiger partial charge >= 0.3 is 5.97 Å². The number of carbonyl (C=O) groups excluding carboxylic acids is 11. The highest BCUT2D eigenvalue weighted by Gasteiger charge is 2.44. The number of carbonyl (C=O) groups is 12. The van der Waals surface area contributed by atoms with Crippen molar-refractivity contribution in [3.63, 3.8) is 0 Å². The highest BCUT2D eigenvalue weighted by atomic mass is 16.4. The number of carboxylic acid groups (broad SMARTS) is 1. The number of likely N-dealkylation sites (tertiary alicyclic amines) is 3. The van der Waals surface area contributed by atoms with E-state index in [4.69, 9.17) is 0 Å². The molecule has 0 aliphatic carbocycles. The number of rotatable bonds is 29. The van der Waals surface area contributed by atoms with Crippen LogP contribution in [0.2, 0.25) is 0 Å². The summed E-state index contributed by atoms with van der Waals surface area (Å²) >= 11 is 0. The summed E-state index contributed by atoms with van der Waals surface area (Å²) in [6.45, 7) is 18.3. The maximum atomic E-state index is 14.3. The van der Waals surface area contributed by atoms with Crippen molar-refractivity contribution < 1.29 is 72.9 Å². The predicted molar refractivity (Wildman–Crippen MR) is 302 cm³/mol. The van der Waals surface area contributed by atoms with Crippen LogP contribution >= 0.6 is 0 Å². The third kappa shape index (κ3) is 18.8. The average Bonchev–Trinajstić information content (AvgIpc) is 4.53. The van der Waals surface area contributed by atoms with Crippen molar-refractivity contribution in [2.45, 2.75) is 213 Å². The molecule has 12 N–H and O–H groups in total. The number of nitrogens with one attached hydrogen (secondary N) is 9. The van der Waals surface area contributed by atoms with Crippen LogP contribution in [0.3, 0.4) is 0 Å². The number of hydrogen-bond acceptors (Lipinski definition) is 15. The third-order valence-corrected chi connectivity index (χ3v) is 16.0. The van der Waals surface area contributed by atoms with Crippen molar-refractivity contribution in [2.24, 2.45) is 29.6 Å². The van der Waals surface area contributed by atoms with E-state index in [1.54, 1.807) is 55.4 Å². The first-order valence-electron chi connectivity index (χ1n) is 29.6. The van der Waals surface area contributed by atoms with Gasteiger partial charge in [0.15, 0.2) is 0 Å². The predicted octanol–water partition coefficient (Wildman–Crippen LogP) is -2.26. The molecular weight excluding hydrogens is 1080 g/mol. The molecule has 0 saturated carbocycles. The van der Waals surface area contributed by atoms with Gasteiger partial charge in [-0.2, -0.15) is 0 Å². The Bertz CT molecular complexity index is 2330. The molecule has 11 amide bonds. The molecule has 468 valence electrons. The fourth-order valence-corrected chi connectivity index (χ4v) is 11.0. The van der Waals surface area contributed by atoms with Crippen molar-refractivity contribution in [2.75, 3.05) is 39.3 Å². The Morgan fingerprint density at radius 1 is 0.506 bits per heavy atom. The molecule has 27 heteroatoms. The average molecular weight is 1180 g/mol. The monoisotopic (exact) mass is 1170 g/mol. The van der Waals surface area contributed by atoms with E-state index in [9.17, 15) is 72.9 Å². The first-order chi connectivity index (χ1) is 39.0. The quantitative estimate of drug-likeness (QED) is 0.0376. The van der Waals surface area contributed by atoms with Crippen molar-refractivity contribution in [1.29, 1.82) is 0 Å². The van der Waals surface area contributed by atoms with E-state index < -0.39 is 174 Å². The van der Waals surface area contributed by atoms with Crippen LogP contribution in [0.5, 0.6) is 0 Å². The molecule has 4 aliphatic heterocycles. The first kappa shape index (κ1) is 69.0. The van der Waals surface area contributed by atoms with Crippen LogP contribution in [0.1, 0.15) is 140 Å². The van der Waals surface area contributed by atoms with E-state index in [2.05, 4.69) is 47.9 Å². The molecule has 4 fully saturated rings. The maximum Gasteiger partial charge on any atom is 0.326 e. The van der Waals surface area contributed by atoms with Gasteiger partial charge in [-0.3, -0.25) is 52.7 Å². The molecule has 27 nitrogen and oxygen atoms in total. The molecule has 83 heavy (non-hydrogen) atoms. The zero-order chi connectivity index (χ0) is 62.2. The van der Waals surface area contributed by atoms with Crippen LogP contribution in [0.4, 0.5) is 0 Å². The Kier molecular flexibility index (Phi) is 26.6. The summed E-state index contributed by atoms with van der Waals surface area (Å²) in [4.78, 5) is 167. The standard InChI is InChI=1S/C56H94N12O15/c1-12-32(10)44(56(82)83)64-48(74)38-19-14-22-66(38)40(71)26-58-47(73)37-18-15-23-67(37)54(80)35(25-28(2)3)59-53(79)45(33(11)70)65-52(78)43(31(8)9)63-51(77)42(30(6)7)62-50(76)41(29(4)5)61-49(75)39-20-16-24-68(39)55(81)36(27-69)60-46(72)34-17-13-21-57-34/h28-39,41-45,57,69-70H,12-27H2,1-11H3,(H,58,73)(H,59,79)(H,60,72)(H,61,75)(H,62,76)(H,63,77)(H,64,74)(H,65,78)(H,82,83)/t32-,33+,34-,35-,36-,37-,38-,39-,41-,42-,43-,44-,45-/m0/s1. The van der Waals surface area contributed by atoms with Gasteiger partial charge in [-0.15, -0.1) is 0 Å². The third-order valence-electron chi connectivity index (χ3n) is 16.0. The minimum absolute atomic E-state index is 0.0874. The van der Waals surface area contributed by atoms with E-state index in [1.807, 2.05) is 13.8 Å². The van der Waals surface area contributed by atoms with Gasteiger partial charge in [0.05, 0.1) is 25.3 Å². The maximum absolute atomic E-state index is 14.3. The van der Waals surface area contributed by atoms with Gasteiger partial charge < -0.3 is 77.9 Å². The van der Waals surface area contributed by atoms with Gasteiger partial charge in [0.2, 0.25) is 65.0 Å². The number of aliphatic hydroxyl groups is 2. The molecule has 0 aromatic carbocycles. The summed E-state index contributed by atoms with van der Waals surface area (Å²) in [7, 11) is 0. The summed E-state index contributed by atoms with van der Waals surface area (Å²) < 4.78 is 0. The van der Waals surface area contributed by atoms with Gasteiger partial charge in [-0.1, -0.05) is 75.7 Å². The second kappa shape index (κ2) is 32.0. The van der Waals surface area contributed by atoms with E-state index in [0.29, 0.717) is 45.1 Å². The molecule has 0 unspecified atom stereocenters. The Labute approximate surface area is 486 Å². The number of hydrogen-bond donors (Lipinski definition) is 12. The molecule has 0 radical (unpaired) electrons. The van der Waals surface area contributed by atoms with Gasteiger partial charge in [0.25, 0.3) is 0 Å². The van der Waals surface area contributed by atoms with Crippen LogP contribution in [-0.2, 0) is 57.5 Å². The van der Waals surface area contributed by atoms with Crippen molar-refractivity contribution in [3.05, 3.63) is 0 Å². The zero-order valence-electron chi connectivity index (χ0n) is 50.2. The molecule has 13 atom stereocenters. The Balaban J connectivity index is 1.39. The van der Waals surface area contributed by atoms with Crippen molar-refractivity contribution >= 4 is 70.9 Å². The Hall–Kier alpha value is -6.48. The van der Waals surface area contributed by atoms with Crippen molar-refractivity contribution in [3.8, 4) is 0 Å². The summed E-state index contributed by atoms with van der Waals surface area (Å²) in [6, 6.07) is -12.6. The number of aliphatic hydroxyl groups excluding tert-OH is 2. The second-order valence-corrected chi connectivity index (χ2v) is 24.1. The molecule has 4 rings (SSSR count). The van der Waals surface area contributed by atoms with Gasteiger partial charge in [0.1, 0.15) is 60.4 Å². The zero-order valence-corrected chi connectivity index (χ0v) is 50.2. The van der Waals surface area contributed by atoms with Crippen LogP contribution in [0.25, 0.3) is 0 Å². The largest absolute Gasteiger partial charge is 0.480 e.